The Morgan fingerprint density at radius 2 is 1.85 bits per heavy atom. The topological polar surface area (TPSA) is 70.7 Å². The molecule has 3 atom stereocenters. The van der Waals surface area contributed by atoms with Crippen LogP contribution in [0.15, 0.2) is 41.6 Å². The lowest BCUT2D eigenvalue weighted by Gasteiger charge is -2.37. The number of nitrogens with one attached hydrogen (secondary N) is 2. The molecule has 2 aliphatic heterocycles. The van der Waals surface area contributed by atoms with E-state index in [0.29, 0.717) is 36.3 Å². The zero-order chi connectivity index (χ0) is 19.4. The molecular formula is C21H29N3O3. The minimum atomic E-state index is -0.506. The van der Waals surface area contributed by atoms with Crippen LogP contribution in [0.3, 0.4) is 0 Å². The van der Waals surface area contributed by atoms with Crippen LogP contribution in [0.4, 0.5) is 4.79 Å². The highest BCUT2D eigenvalue weighted by molar-refractivity contribution is 5.95. The summed E-state index contributed by atoms with van der Waals surface area (Å²) in [5.41, 5.74) is 2.01. The Morgan fingerprint density at radius 3 is 2.48 bits per heavy atom. The Labute approximate surface area is 161 Å². The molecule has 1 saturated heterocycles. The third kappa shape index (κ3) is 4.69. The Hall–Kier alpha value is -2.34. The maximum absolute atomic E-state index is 12.8. The predicted molar refractivity (Wildman–Crippen MR) is 104 cm³/mol. The zero-order valence-corrected chi connectivity index (χ0v) is 16.3. The Bertz CT molecular complexity index is 707. The van der Waals surface area contributed by atoms with E-state index in [1.165, 1.54) is 6.42 Å². The number of nitrogens with zero attached hydrogens (tertiary/aromatic N) is 1. The van der Waals surface area contributed by atoms with E-state index in [9.17, 15) is 9.59 Å². The van der Waals surface area contributed by atoms with Crippen molar-refractivity contribution in [2.24, 2.45) is 11.8 Å². The van der Waals surface area contributed by atoms with Crippen LogP contribution in [0.25, 0.3) is 0 Å². The zero-order valence-electron chi connectivity index (χ0n) is 16.3. The molecule has 0 aromatic heterocycles. The second kappa shape index (κ2) is 8.57. The normalized spacial score (nSPS) is 26.3. The molecule has 27 heavy (non-hydrogen) atoms. The summed E-state index contributed by atoms with van der Waals surface area (Å²) in [5.74, 6) is 0.817. The molecule has 0 aliphatic carbocycles. The van der Waals surface area contributed by atoms with Crippen molar-refractivity contribution in [2.45, 2.75) is 33.2 Å². The number of hydrogen-bond donors (Lipinski definition) is 2. The summed E-state index contributed by atoms with van der Waals surface area (Å²) in [4.78, 5) is 27.4. The van der Waals surface area contributed by atoms with E-state index in [1.807, 2.05) is 30.3 Å². The quantitative estimate of drug-likeness (QED) is 0.781. The van der Waals surface area contributed by atoms with Crippen molar-refractivity contribution in [3.63, 3.8) is 0 Å². The third-order valence-electron chi connectivity index (χ3n) is 5.11. The fourth-order valence-electron chi connectivity index (χ4n) is 4.23. The molecule has 1 fully saturated rings. The largest absolute Gasteiger partial charge is 0.463 e. The molecule has 2 heterocycles. The summed E-state index contributed by atoms with van der Waals surface area (Å²) < 4.78 is 5.32. The summed E-state index contributed by atoms with van der Waals surface area (Å²) in [6.07, 6.45) is 1.21. The molecule has 6 nitrogen and oxygen atoms in total. The van der Waals surface area contributed by atoms with E-state index in [4.69, 9.17) is 4.74 Å². The predicted octanol–water partition coefficient (Wildman–Crippen LogP) is 2.84. The van der Waals surface area contributed by atoms with Crippen molar-refractivity contribution < 1.29 is 14.3 Å². The van der Waals surface area contributed by atoms with Crippen LogP contribution in [0.2, 0.25) is 0 Å². The van der Waals surface area contributed by atoms with Crippen LogP contribution in [0.1, 0.15) is 38.8 Å². The van der Waals surface area contributed by atoms with Gasteiger partial charge in [0.05, 0.1) is 18.2 Å². The number of likely N-dealkylation sites (tertiary alicyclic amines) is 1. The second-order valence-corrected chi connectivity index (χ2v) is 7.69. The molecule has 0 unspecified atom stereocenters. The van der Waals surface area contributed by atoms with E-state index in [0.717, 1.165) is 18.7 Å². The molecule has 2 aliphatic rings. The highest BCUT2D eigenvalue weighted by Gasteiger charge is 2.35. The van der Waals surface area contributed by atoms with E-state index in [2.05, 4.69) is 29.4 Å². The molecule has 146 valence electrons. The molecule has 1 aromatic rings. The van der Waals surface area contributed by atoms with Crippen molar-refractivity contribution >= 4 is 12.0 Å². The molecule has 1 aromatic carbocycles. The van der Waals surface area contributed by atoms with Crippen molar-refractivity contribution in [3.05, 3.63) is 47.2 Å². The average molecular weight is 371 g/mol. The average Bonchev–Trinajstić information content (AvgIpc) is 2.61. The smallest absolute Gasteiger partial charge is 0.338 e. The minimum Gasteiger partial charge on any atom is -0.463 e. The van der Waals surface area contributed by atoms with Gasteiger partial charge in [0.2, 0.25) is 0 Å². The van der Waals surface area contributed by atoms with Gasteiger partial charge in [-0.1, -0.05) is 44.2 Å². The lowest BCUT2D eigenvalue weighted by Crippen LogP contribution is -2.50. The molecule has 2 amide bonds. The van der Waals surface area contributed by atoms with Crippen molar-refractivity contribution in [2.75, 3.05) is 26.2 Å². The number of esters is 1. The van der Waals surface area contributed by atoms with Crippen LogP contribution in [-0.4, -0.2) is 43.1 Å². The number of ether oxygens (including phenoxy) is 1. The molecule has 0 spiro atoms. The first-order valence-electron chi connectivity index (χ1n) is 9.72. The van der Waals surface area contributed by atoms with Gasteiger partial charge in [0.15, 0.2) is 0 Å². The van der Waals surface area contributed by atoms with Crippen molar-refractivity contribution in [3.8, 4) is 0 Å². The highest BCUT2D eigenvalue weighted by Crippen LogP contribution is 2.29. The Morgan fingerprint density at radius 1 is 1.19 bits per heavy atom. The molecule has 0 radical (unpaired) electrons. The summed E-state index contributed by atoms with van der Waals surface area (Å²) in [7, 11) is 0. The molecule has 2 N–H and O–H groups in total. The summed E-state index contributed by atoms with van der Waals surface area (Å²) in [5, 5.41) is 5.75. The monoisotopic (exact) mass is 371 g/mol. The lowest BCUT2D eigenvalue weighted by molar-refractivity contribution is -0.139. The first kappa shape index (κ1) is 19.4. The standard InChI is InChI=1S/C21H29N3O3/c1-4-27-20(25)18-17(13-24-11-14(2)10-15(3)12-24)22-21(26)23-19(18)16-8-6-5-7-9-16/h5-9,14-15,19H,4,10-13H2,1-3H3,(H2,22,23,26)/t14-,15-,19-/m1/s1. The van der Waals surface area contributed by atoms with E-state index in [1.54, 1.807) is 6.92 Å². The third-order valence-corrected chi connectivity index (χ3v) is 5.11. The van der Waals surface area contributed by atoms with Crippen LogP contribution >= 0.6 is 0 Å². The molecule has 6 heteroatoms. The SMILES string of the molecule is CCOC(=O)C1=C(CN2C[C@H](C)C[C@@H](C)C2)NC(=O)N[C@@H]1c1ccccc1. The van der Waals surface area contributed by atoms with Gasteiger partial charge in [-0.05, 0) is 30.7 Å². The molecule has 3 rings (SSSR count). The summed E-state index contributed by atoms with van der Waals surface area (Å²) in [6, 6.07) is 8.76. The molecule has 0 bridgehead atoms. The van der Waals surface area contributed by atoms with Crippen LogP contribution in [-0.2, 0) is 9.53 Å². The number of carbonyl (C=O) groups is 2. The van der Waals surface area contributed by atoms with E-state index < -0.39 is 6.04 Å². The maximum Gasteiger partial charge on any atom is 0.338 e. The van der Waals surface area contributed by atoms with Crippen LogP contribution in [0.5, 0.6) is 0 Å². The maximum atomic E-state index is 12.8. The first-order chi connectivity index (χ1) is 13.0. The summed E-state index contributed by atoms with van der Waals surface area (Å²) >= 11 is 0. The van der Waals surface area contributed by atoms with Crippen LogP contribution < -0.4 is 10.6 Å². The fraction of sp³-hybridized carbons (Fsp3) is 0.524. The number of benzene rings is 1. The van der Waals surface area contributed by atoms with Crippen molar-refractivity contribution in [1.29, 1.82) is 0 Å². The Balaban J connectivity index is 1.95. The van der Waals surface area contributed by atoms with Gasteiger partial charge in [-0.3, -0.25) is 4.90 Å². The Kier molecular flexibility index (Phi) is 6.16. The highest BCUT2D eigenvalue weighted by atomic mass is 16.5. The van der Waals surface area contributed by atoms with Gasteiger partial charge in [0, 0.05) is 25.3 Å². The van der Waals surface area contributed by atoms with Gasteiger partial charge in [0.25, 0.3) is 0 Å². The molecule has 0 saturated carbocycles. The van der Waals surface area contributed by atoms with Gasteiger partial charge in [0.1, 0.15) is 0 Å². The van der Waals surface area contributed by atoms with E-state index >= 15 is 0 Å². The first-order valence-corrected chi connectivity index (χ1v) is 9.72. The number of urea groups is 1. The van der Waals surface area contributed by atoms with Gasteiger partial charge < -0.3 is 15.4 Å². The number of hydrogen-bond acceptors (Lipinski definition) is 4. The number of amides is 2. The second-order valence-electron chi connectivity index (χ2n) is 7.69. The van der Waals surface area contributed by atoms with Crippen LogP contribution in [0, 0.1) is 11.8 Å². The van der Waals surface area contributed by atoms with Gasteiger partial charge in [-0.15, -0.1) is 0 Å². The van der Waals surface area contributed by atoms with Crippen molar-refractivity contribution in [1.82, 2.24) is 15.5 Å². The molecular weight excluding hydrogens is 342 g/mol. The van der Waals surface area contributed by atoms with Gasteiger partial charge in [-0.25, -0.2) is 9.59 Å². The fourth-order valence-corrected chi connectivity index (χ4v) is 4.23. The summed E-state index contributed by atoms with van der Waals surface area (Å²) in [6.45, 7) is 9.04. The lowest BCUT2D eigenvalue weighted by atomic mass is 9.91. The number of carbonyl (C=O) groups excluding carboxylic acids is 2. The number of rotatable bonds is 5. The number of piperidine rings is 1. The van der Waals surface area contributed by atoms with Gasteiger partial charge >= 0.3 is 12.0 Å². The van der Waals surface area contributed by atoms with Gasteiger partial charge in [-0.2, -0.15) is 0 Å². The minimum absolute atomic E-state index is 0.287. The van der Waals surface area contributed by atoms with E-state index in [-0.39, 0.29) is 12.0 Å².